The van der Waals surface area contributed by atoms with Crippen molar-refractivity contribution >= 4 is 0 Å². The molecule has 0 amide bonds. The molecule has 0 bridgehead atoms. The van der Waals surface area contributed by atoms with Crippen molar-refractivity contribution in [2.24, 2.45) is 0 Å². The van der Waals surface area contributed by atoms with E-state index in [0.717, 1.165) is 12.5 Å². The first-order valence-corrected chi connectivity index (χ1v) is 5.07. The third kappa shape index (κ3) is 2.28. The highest BCUT2D eigenvalue weighted by Crippen LogP contribution is 2.24. The molecule has 2 heteroatoms. The standard InChI is InChI=1S/C11H16N2/c1-2-10(3-7-12-6-1)11-4-8-13-9-5-11/h4-5,8-10,12H,1-3,6-7H2/t10-/m1/s1. The summed E-state index contributed by atoms with van der Waals surface area (Å²) in [5.41, 5.74) is 1.46. The minimum atomic E-state index is 0.748. The number of pyridine rings is 1. The van der Waals surface area contributed by atoms with Gasteiger partial charge in [0.15, 0.2) is 0 Å². The lowest BCUT2D eigenvalue weighted by molar-refractivity contribution is 0.609. The Labute approximate surface area is 79.4 Å². The fourth-order valence-corrected chi connectivity index (χ4v) is 1.99. The second-order valence-corrected chi connectivity index (χ2v) is 3.66. The van der Waals surface area contributed by atoms with Crippen molar-refractivity contribution in [3.05, 3.63) is 30.1 Å². The Hall–Kier alpha value is -0.890. The first kappa shape index (κ1) is 8.70. The maximum Gasteiger partial charge on any atom is 0.0270 e. The van der Waals surface area contributed by atoms with Crippen LogP contribution in [-0.2, 0) is 0 Å². The van der Waals surface area contributed by atoms with Crippen molar-refractivity contribution in [1.29, 1.82) is 0 Å². The van der Waals surface area contributed by atoms with Gasteiger partial charge in [-0.2, -0.15) is 0 Å². The average Bonchev–Trinajstić information content (AvgIpc) is 2.47. The molecule has 13 heavy (non-hydrogen) atoms. The Bertz CT molecular complexity index is 238. The number of rotatable bonds is 1. The lowest BCUT2D eigenvalue weighted by atomic mass is 9.93. The Balaban J connectivity index is 2.06. The van der Waals surface area contributed by atoms with Gasteiger partial charge < -0.3 is 5.32 Å². The SMILES string of the molecule is c1cc([C@@H]2CCCNCC2)ccn1. The molecule has 0 aliphatic carbocycles. The van der Waals surface area contributed by atoms with Crippen LogP contribution in [0, 0.1) is 0 Å². The van der Waals surface area contributed by atoms with Crippen molar-refractivity contribution in [1.82, 2.24) is 10.3 Å². The van der Waals surface area contributed by atoms with Crippen molar-refractivity contribution in [3.8, 4) is 0 Å². The fourth-order valence-electron chi connectivity index (χ4n) is 1.99. The van der Waals surface area contributed by atoms with Gasteiger partial charge in [0.25, 0.3) is 0 Å². The summed E-state index contributed by atoms with van der Waals surface area (Å²) < 4.78 is 0. The lowest BCUT2D eigenvalue weighted by Crippen LogP contribution is -2.13. The molecule has 0 saturated carbocycles. The summed E-state index contributed by atoms with van der Waals surface area (Å²) in [6.45, 7) is 2.34. The molecule has 1 aromatic heterocycles. The van der Waals surface area contributed by atoms with Gasteiger partial charge in [0.1, 0.15) is 0 Å². The van der Waals surface area contributed by atoms with Crippen molar-refractivity contribution in [2.75, 3.05) is 13.1 Å². The molecule has 2 nitrogen and oxygen atoms in total. The minimum absolute atomic E-state index is 0.748. The number of aromatic nitrogens is 1. The van der Waals surface area contributed by atoms with Crippen LogP contribution in [0.25, 0.3) is 0 Å². The van der Waals surface area contributed by atoms with Crippen LogP contribution in [0.1, 0.15) is 30.7 Å². The Kier molecular flexibility index (Phi) is 2.93. The van der Waals surface area contributed by atoms with Crippen molar-refractivity contribution < 1.29 is 0 Å². The molecule has 2 rings (SSSR count). The van der Waals surface area contributed by atoms with Crippen LogP contribution in [0.3, 0.4) is 0 Å². The third-order valence-corrected chi connectivity index (χ3v) is 2.75. The Morgan fingerprint density at radius 3 is 2.85 bits per heavy atom. The van der Waals surface area contributed by atoms with E-state index in [1.807, 2.05) is 12.4 Å². The van der Waals surface area contributed by atoms with Gasteiger partial charge in [0.2, 0.25) is 0 Å². The smallest absolute Gasteiger partial charge is 0.0270 e. The van der Waals surface area contributed by atoms with E-state index in [1.54, 1.807) is 0 Å². The van der Waals surface area contributed by atoms with Gasteiger partial charge in [-0.3, -0.25) is 4.98 Å². The van der Waals surface area contributed by atoms with E-state index < -0.39 is 0 Å². The van der Waals surface area contributed by atoms with Gasteiger partial charge in [-0.1, -0.05) is 0 Å². The highest BCUT2D eigenvalue weighted by Gasteiger charge is 2.12. The Morgan fingerprint density at radius 1 is 1.15 bits per heavy atom. The summed E-state index contributed by atoms with van der Waals surface area (Å²) in [5.74, 6) is 0.748. The highest BCUT2D eigenvalue weighted by atomic mass is 14.8. The predicted molar refractivity (Wildman–Crippen MR) is 53.7 cm³/mol. The second-order valence-electron chi connectivity index (χ2n) is 3.66. The van der Waals surface area contributed by atoms with E-state index in [9.17, 15) is 0 Å². The molecule has 1 fully saturated rings. The molecule has 1 N–H and O–H groups in total. The molecule has 1 atom stereocenters. The van der Waals surface area contributed by atoms with E-state index in [2.05, 4.69) is 22.4 Å². The van der Waals surface area contributed by atoms with Gasteiger partial charge in [0, 0.05) is 12.4 Å². The van der Waals surface area contributed by atoms with E-state index in [4.69, 9.17) is 0 Å². The molecule has 0 aromatic carbocycles. The van der Waals surface area contributed by atoms with Gasteiger partial charge in [-0.25, -0.2) is 0 Å². The number of nitrogens with one attached hydrogen (secondary N) is 1. The molecule has 0 spiro atoms. The summed E-state index contributed by atoms with van der Waals surface area (Å²) in [7, 11) is 0. The summed E-state index contributed by atoms with van der Waals surface area (Å²) >= 11 is 0. The van der Waals surface area contributed by atoms with E-state index in [-0.39, 0.29) is 0 Å². The van der Waals surface area contributed by atoms with Gasteiger partial charge in [0.05, 0.1) is 0 Å². The Morgan fingerprint density at radius 2 is 2.00 bits per heavy atom. The zero-order chi connectivity index (χ0) is 8.93. The molecule has 0 unspecified atom stereocenters. The van der Waals surface area contributed by atoms with E-state index >= 15 is 0 Å². The monoisotopic (exact) mass is 176 g/mol. The van der Waals surface area contributed by atoms with Crippen LogP contribution in [0.5, 0.6) is 0 Å². The summed E-state index contributed by atoms with van der Waals surface area (Å²) in [6.07, 6.45) is 7.68. The quantitative estimate of drug-likeness (QED) is 0.707. The topological polar surface area (TPSA) is 24.9 Å². The second kappa shape index (κ2) is 4.38. The third-order valence-electron chi connectivity index (χ3n) is 2.75. The molecule has 1 saturated heterocycles. The summed E-state index contributed by atoms with van der Waals surface area (Å²) in [6, 6.07) is 4.30. The predicted octanol–water partition coefficient (Wildman–Crippen LogP) is 1.94. The summed E-state index contributed by atoms with van der Waals surface area (Å²) in [4.78, 5) is 4.05. The summed E-state index contributed by atoms with van der Waals surface area (Å²) in [5, 5.41) is 3.43. The van der Waals surface area contributed by atoms with E-state index in [0.29, 0.717) is 0 Å². The van der Waals surface area contributed by atoms with Crippen LogP contribution in [0.2, 0.25) is 0 Å². The van der Waals surface area contributed by atoms with Crippen molar-refractivity contribution in [2.45, 2.75) is 25.2 Å². The average molecular weight is 176 g/mol. The maximum atomic E-state index is 4.05. The molecule has 2 heterocycles. The van der Waals surface area contributed by atoms with Crippen molar-refractivity contribution in [3.63, 3.8) is 0 Å². The zero-order valence-electron chi connectivity index (χ0n) is 7.87. The first-order valence-electron chi connectivity index (χ1n) is 5.07. The first-order chi connectivity index (χ1) is 6.47. The largest absolute Gasteiger partial charge is 0.317 e. The van der Waals surface area contributed by atoms with Gasteiger partial charge >= 0.3 is 0 Å². The maximum absolute atomic E-state index is 4.05. The fraction of sp³-hybridized carbons (Fsp3) is 0.545. The number of nitrogens with zero attached hydrogens (tertiary/aromatic N) is 1. The molecular formula is C11H16N2. The number of hydrogen-bond acceptors (Lipinski definition) is 2. The molecule has 1 aliphatic rings. The number of hydrogen-bond donors (Lipinski definition) is 1. The van der Waals surface area contributed by atoms with Crippen LogP contribution in [-0.4, -0.2) is 18.1 Å². The molecular weight excluding hydrogens is 160 g/mol. The van der Waals surface area contributed by atoms with E-state index in [1.165, 1.54) is 31.4 Å². The van der Waals surface area contributed by atoms with Crippen LogP contribution >= 0.6 is 0 Å². The molecule has 0 radical (unpaired) electrons. The van der Waals surface area contributed by atoms with Gasteiger partial charge in [-0.15, -0.1) is 0 Å². The normalized spacial score (nSPS) is 23.8. The van der Waals surface area contributed by atoms with Crippen LogP contribution < -0.4 is 5.32 Å². The highest BCUT2D eigenvalue weighted by molar-refractivity contribution is 5.15. The lowest BCUT2D eigenvalue weighted by Gasteiger charge is -2.12. The molecule has 1 aromatic rings. The van der Waals surface area contributed by atoms with Crippen LogP contribution in [0.4, 0.5) is 0 Å². The van der Waals surface area contributed by atoms with Crippen LogP contribution in [0.15, 0.2) is 24.5 Å². The zero-order valence-corrected chi connectivity index (χ0v) is 7.87. The van der Waals surface area contributed by atoms with Gasteiger partial charge in [-0.05, 0) is 56.0 Å². The molecule has 70 valence electrons. The minimum Gasteiger partial charge on any atom is -0.317 e. The molecule has 1 aliphatic heterocycles.